The average Bonchev–Trinajstić information content (AvgIpc) is 2.58. The predicted octanol–water partition coefficient (Wildman–Crippen LogP) is 6.19. The molecule has 0 aliphatic carbocycles. The van der Waals surface area contributed by atoms with Gasteiger partial charge in [-0.3, -0.25) is 0 Å². The van der Waals surface area contributed by atoms with Crippen LogP contribution in [0.5, 0.6) is 11.5 Å². The van der Waals surface area contributed by atoms with Crippen molar-refractivity contribution in [2.24, 2.45) is 0 Å². The van der Waals surface area contributed by atoms with Crippen LogP contribution in [0.25, 0.3) is 23.1 Å². The van der Waals surface area contributed by atoms with Gasteiger partial charge in [-0.2, -0.15) is 0 Å². The van der Waals surface area contributed by atoms with Crippen LogP contribution in [0.15, 0.2) is 40.9 Å². The highest BCUT2D eigenvalue weighted by atomic mass is 79.9. The lowest BCUT2D eigenvalue weighted by atomic mass is 10.1. The molecule has 24 heavy (non-hydrogen) atoms. The molecule has 3 rings (SSSR count). The lowest BCUT2D eigenvalue weighted by Gasteiger charge is -2.07. The second-order valence-electron chi connectivity index (χ2n) is 5.04. The van der Waals surface area contributed by atoms with Crippen LogP contribution in [0.2, 0.25) is 10.0 Å². The molecule has 0 spiro atoms. The molecule has 0 radical (unpaired) electrons. The number of hydrogen-bond acceptors (Lipinski definition) is 3. The van der Waals surface area contributed by atoms with E-state index in [2.05, 4.69) is 20.9 Å². The van der Waals surface area contributed by atoms with Gasteiger partial charge in [0.2, 0.25) is 0 Å². The van der Waals surface area contributed by atoms with Crippen LogP contribution in [-0.4, -0.2) is 17.2 Å². The van der Waals surface area contributed by atoms with Gasteiger partial charge in [-0.1, -0.05) is 39.1 Å². The Hall–Kier alpha value is -1.75. The fourth-order valence-corrected chi connectivity index (χ4v) is 3.22. The van der Waals surface area contributed by atoms with E-state index in [1.807, 2.05) is 36.4 Å². The van der Waals surface area contributed by atoms with Gasteiger partial charge in [0, 0.05) is 15.4 Å². The van der Waals surface area contributed by atoms with Crippen molar-refractivity contribution in [1.82, 2.24) is 4.98 Å². The highest BCUT2D eigenvalue weighted by molar-refractivity contribution is 9.10. The van der Waals surface area contributed by atoms with Crippen LogP contribution in [0.1, 0.15) is 11.3 Å². The first kappa shape index (κ1) is 17.1. The van der Waals surface area contributed by atoms with E-state index in [1.54, 1.807) is 13.2 Å². The fourth-order valence-electron chi connectivity index (χ4n) is 2.32. The summed E-state index contributed by atoms with van der Waals surface area (Å²) in [6.45, 7) is 0. The van der Waals surface area contributed by atoms with E-state index in [9.17, 15) is 5.11 Å². The van der Waals surface area contributed by atoms with Gasteiger partial charge in [0.1, 0.15) is 11.3 Å². The molecule has 6 heteroatoms. The Balaban J connectivity index is 2.05. The summed E-state index contributed by atoms with van der Waals surface area (Å²) >= 11 is 15.5. The van der Waals surface area contributed by atoms with Crippen molar-refractivity contribution >= 4 is 62.2 Å². The number of phenols is 1. The minimum atomic E-state index is -0.0775. The number of halogens is 3. The fraction of sp³-hybridized carbons (Fsp3) is 0.0556. The summed E-state index contributed by atoms with van der Waals surface area (Å²) in [5.41, 5.74) is 1.94. The molecule has 1 N–H and O–H groups in total. The Morgan fingerprint density at radius 1 is 1.08 bits per heavy atom. The lowest BCUT2D eigenvalue weighted by Crippen LogP contribution is -1.88. The zero-order chi connectivity index (χ0) is 17.3. The Morgan fingerprint density at radius 2 is 1.88 bits per heavy atom. The molecule has 0 bridgehead atoms. The number of aromatic hydroxyl groups is 1. The van der Waals surface area contributed by atoms with Crippen LogP contribution in [0, 0.1) is 0 Å². The maximum absolute atomic E-state index is 10.1. The molecule has 1 heterocycles. The van der Waals surface area contributed by atoms with Crippen molar-refractivity contribution in [3.05, 3.63) is 62.2 Å². The lowest BCUT2D eigenvalue weighted by molar-refractivity contribution is 0.414. The van der Waals surface area contributed by atoms with E-state index in [0.717, 1.165) is 15.8 Å². The first-order valence-electron chi connectivity index (χ1n) is 6.99. The first-order valence-corrected chi connectivity index (χ1v) is 8.54. The molecule has 0 aliphatic heterocycles. The molecule has 0 unspecified atom stereocenters. The molecule has 0 atom stereocenters. The second kappa shape index (κ2) is 7.01. The largest absolute Gasteiger partial charge is 0.504 e. The van der Waals surface area contributed by atoms with E-state index in [0.29, 0.717) is 21.6 Å². The number of ether oxygens (including phenoxy) is 1. The topological polar surface area (TPSA) is 42.4 Å². The van der Waals surface area contributed by atoms with Crippen molar-refractivity contribution in [2.45, 2.75) is 0 Å². The van der Waals surface area contributed by atoms with Crippen molar-refractivity contribution in [3.8, 4) is 11.5 Å². The van der Waals surface area contributed by atoms with Gasteiger partial charge in [-0.15, -0.1) is 0 Å². The number of nitrogens with zero attached hydrogens (tertiary/aromatic N) is 1. The molecule has 0 aliphatic rings. The van der Waals surface area contributed by atoms with Crippen molar-refractivity contribution < 1.29 is 9.84 Å². The van der Waals surface area contributed by atoms with Gasteiger partial charge in [0.25, 0.3) is 0 Å². The van der Waals surface area contributed by atoms with Gasteiger partial charge in [0.05, 0.1) is 22.8 Å². The van der Waals surface area contributed by atoms with E-state index >= 15 is 0 Å². The maximum atomic E-state index is 10.1. The van der Waals surface area contributed by atoms with Crippen LogP contribution >= 0.6 is 39.1 Å². The van der Waals surface area contributed by atoms with Crippen molar-refractivity contribution in [3.63, 3.8) is 0 Å². The Bertz CT molecular complexity index is 957. The molecule has 0 saturated heterocycles. The number of phenolic OH excluding ortho intramolecular Hbond substituents is 1. The zero-order valence-corrected chi connectivity index (χ0v) is 15.7. The summed E-state index contributed by atoms with van der Waals surface area (Å²) in [5.74, 6) is 0.676. The predicted molar refractivity (Wildman–Crippen MR) is 103 cm³/mol. The number of benzene rings is 2. The minimum absolute atomic E-state index is 0.0775. The standard InChI is InChI=1S/C18H12BrCl2NO2/c1-24-16-7-3-11(19)8-10(16)2-4-12-5-6-13-14(20)9-15(21)18(23)17(13)22-12/h2-9,23H,1H3. The zero-order valence-electron chi connectivity index (χ0n) is 12.6. The highest BCUT2D eigenvalue weighted by Gasteiger charge is 2.10. The number of fused-ring (bicyclic) bond motifs is 1. The summed E-state index contributed by atoms with van der Waals surface area (Å²) in [6.07, 6.45) is 3.72. The quantitative estimate of drug-likeness (QED) is 0.545. The molecular weight excluding hydrogens is 413 g/mol. The molecule has 122 valence electrons. The SMILES string of the molecule is COc1ccc(Br)cc1C=Cc1ccc2c(Cl)cc(Cl)c(O)c2n1. The molecule has 2 aromatic carbocycles. The third kappa shape index (κ3) is 3.36. The number of rotatable bonds is 3. The molecule has 0 saturated carbocycles. The van der Waals surface area contributed by atoms with Gasteiger partial charge in [-0.25, -0.2) is 4.98 Å². The monoisotopic (exact) mass is 423 g/mol. The number of pyridine rings is 1. The maximum Gasteiger partial charge on any atom is 0.160 e. The second-order valence-corrected chi connectivity index (χ2v) is 6.77. The van der Waals surface area contributed by atoms with Crippen LogP contribution in [0.3, 0.4) is 0 Å². The average molecular weight is 425 g/mol. The number of methoxy groups -OCH3 is 1. The van der Waals surface area contributed by atoms with E-state index < -0.39 is 0 Å². The van der Waals surface area contributed by atoms with E-state index in [1.165, 1.54) is 6.07 Å². The molecule has 1 aromatic heterocycles. The van der Waals surface area contributed by atoms with Gasteiger partial charge in [-0.05, 0) is 48.6 Å². The summed E-state index contributed by atoms with van der Waals surface area (Å²) < 4.78 is 6.29. The van der Waals surface area contributed by atoms with Crippen molar-refractivity contribution in [1.29, 1.82) is 0 Å². The summed E-state index contributed by atoms with van der Waals surface area (Å²) in [6, 6.07) is 10.9. The third-order valence-electron chi connectivity index (χ3n) is 3.50. The molecule has 0 amide bonds. The minimum Gasteiger partial charge on any atom is -0.504 e. The Morgan fingerprint density at radius 3 is 2.62 bits per heavy atom. The van der Waals surface area contributed by atoms with Gasteiger partial charge >= 0.3 is 0 Å². The highest BCUT2D eigenvalue weighted by Crippen LogP contribution is 2.36. The van der Waals surface area contributed by atoms with E-state index in [-0.39, 0.29) is 10.8 Å². The summed E-state index contributed by atoms with van der Waals surface area (Å²) in [4.78, 5) is 4.43. The van der Waals surface area contributed by atoms with E-state index in [4.69, 9.17) is 27.9 Å². The van der Waals surface area contributed by atoms with Crippen LogP contribution < -0.4 is 4.74 Å². The summed E-state index contributed by atoms with van der Waals surface area (Å²) in [5, 5.41) is 11.4. The molecule has 3 nitrogen and oxygen atoms in total. The summed E-state index contributed by atoms with van der Waals surface area (Å²) in [7, 11) is 1.62. The van der Waals surface area contributed by atoms with Crippen molar-refractivity contribution in [2.75, 3.05) is 7.11 Å². The van der Waals surface area contributed by atoms with Gasteiger partial charge < -0.3 is 9.84 Å². The third-order valence-corrected chi connectivity index (χ3v) is 4.60. The molecule has 3 aromatic rings. The van der Waals surface area contributed by atoms with Crippen LogP contribution in [0.4, 0.5) is 0 Å². The number of aromatic nitrogens is 1. The smallest absolute Gasteiger partial charge is 0.160 e. The molecule has 0 fully saturated rings. The van der Waals surface area contributed by atoms with Gasteiger partial charge in [0.15, 0.2) is 5.75 Å². The van der Waals surface area contributed by atoms with Crippen LogP contribution in [-0.2, 0) is 0 Å². The molecular formula is C18H12BrCl2NO2. The Kier molecular flexibility index (Phi) is 4.99. The normalized spacial score (nSPS) is 11.3. The number of hydrogen-bond donors (Lipinski definition) is 1. The first-order chi connectivity index (χ1) is 11.5. The Labute approximate surface area is 157 Å².